The number of hydrogen-bond acceptors (Lipinski definition) is 5. The largest absolute Gasteiger partial charge is 0.497 e. The summed E-state index contributed by atoms with van der Waals surface area (Å²) in [6.07, 6.45) is 0. The summed E-state index contributed by atoms with van der Waals surface area (Å²) in [5.74, 6) is 1.47. The highest BCUT2D eigenvalue weighted by Crippen LogP contribution is 2.18. The molecule has 0 spiro atoms. The van der Waals surface area contributed by atoms with Crippen molar-refractivity contribution in [3.63, 3.8) is 0 Å². The molecule has 0 bridgehead atoms. The molecular weight excluding hydrogens is 286 g/mol. The third-order valence-corrected chi connectivity index (χ3v) is 3.79. The third kappa shape index (κ3) is 3.80. The number of fused-ring (bicyclic) bond motifs is 1. The summed E-state index contributed by atoms with van der Waals surface area (Å²) >= 11 is 1.55. The number of H-pyrrole nitrogens is 1. The minimum atomic E-state index is -0.0607. The van der Waals surface area contributed by atoms with Crippen LogP contribution in [0.25, 0.3) is 16.6 Å². The second-order valence-electron chi connectivity index (χ2n) is 4.45. The fourth-order valence-corrected chi connectivity index (χ4v) is 2.58. The van der Waals surface area contributed by atoms with Gasteiger partial charge in [0.15, 0.2) is 5.43 Å². The molecule has 0 saturated carbocycles. The number of methoxy groups -OCH3 is 1. The van der Waals surface area contributed by atoms with Crippen LogP contribution in [0.5, 0.6) is 5.75 Å². The average molecular weight is 305 g/mol. The minimum absolute atomic E-state index is 0.0607. The van der Waals surface area contributed by atoms with Crippen molar-refractivity contribution in [3.05, 3.63) is 45.6 Å². The van der Waals surface area contributed by atoms with Crippen LogP contribution in [0.15, 0.2) is 34.5 Å². The second kappa shape index (κ2) is 7.19. The first-order valence-corrected chi connectivity index (χ1v) is 7.70. The number of aromatic amines is 1. The highest BCUT2D eigenvalue weighted by atomic mass is 32.2. The van der Waals surface area contributed by atoms with E-state index in [1.54, 1.807) is 37.1 Å². The van der Waals surface area contributed by atoms with E-state index in [1.807, 2.05) is 12.3 Å². The van der Waals surface area contributed by atoms with E-state index in [0.29, 0.717) is 28.0 Å². The smallest absolute Gasteiger partial charge is 0.190 e. The van der Waals surface area contributed by atoms with Crippen LogP contribution in [0.3, 0.4) is 0 Å². The molecule has 0 radical (unpaired) electrons. The molecule has 0 atom stereocenters. The van der Waals surface area contributed by atoms with Crippen molar-refractivity contribution >= 4 is 28.4 Å². The van der Waals surface area contributed by atoms with Gasteiger partial charge in [-0.05, 0) is 24.1 Å². The van der Waals surface area contributed by atoms with E-state index in [-0.39, 0.29) is 5.43 Å². The first kappa shape index (κ1) is 15.5. The van der Waals surface area contributed by atoms with Crippen molar-refractivity contribution < 1.29 is 4.74 Å². The van der Waals surface area contributed by atoms with E-state index >= 15 is 0 Å². The summed E-state index contributed by atoms with van der Waals surface area (Å²) in [4.78, 5) is 15.3. The van der Waals surface area contributed by atoms with E-state index in [0.717, 1.165) is 12.4 Å². The first-order chi connectivity index (χ1) is 10.2. The van der Waals surface area contributed by atoms with E-state index in [1.165, 1.54) is 6.07 Å². The van der Waals surface area contributed by atoms with Gasteiger partial charge in [0.05, 0.1) is 24.0 Å². The van der Waals surface area contributed by atoms with Crippen LogP contribution >= 0.6 is 11.8 Å². The van der Waals surface area contributed by atoms with Crippen molar-refractivity contribution in [3.8, 4) is 5.75 Å². The number of ether oxygens (including phenoxy) is 1. The lowest BCUT2D eigenvalue weighted by Gasteiger charge is -2.06. The summed E-state index contributed by atoms with van der Waals surface area (Å²) in [5.41, 5.74) is 7.83. The van der Waals surface area contributed by atoms with E-state index in [4.69, 9.17) is 10.5 Å². The second-order valence-corrected chi connectivity index (χ2v) is 5.30. The minimum Gasteiger partial charge on any atom is -0.497 e. The summed E-state index contributed by atoms with van der Waals surface area (Å²) in [5, 5.41) is 5.64. The van der Waals surface area contributed by atoms with Crippen molar-refractivity contribution in [2.75, 3.05) is 19.5 Å². The monoisotopic (exact) mass is 305 g/mol. The number of nitrogens with two attached hydrogens (primary N) is 1. The highest BCUT2D eigenvalue weighted by molar-refractivity contribution is 8.02. The SMILES string of the molecule is CCNCS/C=C(\N)c1cc(=O)c2ccc(OC)cc2[nH]1. The van der Waals surface area contributed by atoms with Gasteiger partial charge in [0.25, 0.3) is 0 Å². The van der Waals surface area contributed by atoms with Crippen LogP contribution in [0.2, 0.25) is 0 Å². The Balaban J connectivity index is 2.34. The third-order valence-electron chi connectivity index (χ3n) is 2.99. The highest BCUT2D eigenvalue weighted by Gasteiger charge is 2.05. The Bertz CT molecular complexity index is 710. The maximum Gasteiger partial charge on any atom is 0.190 e. The van der Waals surface area contributed by atoms with Crippen LogP contribution in [0.1, 0.15) is 12.6 Å². The van der Waals surface area contributed by atoms with Gasteiger partial charge >= 0.3 is 0 Å². The van der Waals surface area contributed by atoms with Crippen LogP contribution in [0, 0.1) is 0 Å². The van der Waals surface area contributed by atoms with Gasteiger partial charge in [0, 0.05) is 23.4 Å². The Morgan fingerprint density at radius 2 is 2.29 bits per heavy atom. The number of nitrogens with one attached hydrogen (secondary N) is 2. The summed E-state index contributed by atoms with van der Waals surface area (Å²) in [7, 11) is 1.59. The predicted octanol–water partition coefficient (Wildman–Crippen LogP) is 2.09. The van der Waals surface area contributed by atoms with Gasteiger partial charge in [-0.1, -0.05) is 6.92 Å². The van der Waals surface area contributed by atoms with Gasteiger partial charge in [-0.3, -0.25) is 4.79 Å². The standard InChI is InChI=1S/C15H19N3O2S/c1-3-17-9-21-8-12(16)14-7-15(19)11-5-4-10(20-2)6-13(11)18-14/h4-8,17H,3,9,16H2,1-2H3,(H,18,19)/b12-8-. The number of hydrogen-bond donors (Lipinski definition) is 3. The number of aromatic nitrogens is 1. The number of benzene rings is 1. The Labute approximate surface area is 127 Å². The molecular formula is C15H19N3O2S. The molecule has 0 amide bonds. The van der Waals surface area contributed by atoms with Crippen molar-refractivity contribution in [1.82, 2.24) is 10.3 Å². The molecule has 112 valence electrons. The lowest BCUT2D eigenvalue weighted by molar-refractivity contribution is 0.415. The zero-order valence-corrected chi connectivity index (χ0v) is 12.9. The van der Waals surface area contributed by atoms with Crippen molar-refractivity contribution in [2.24, 2.45) is 5.73 Å². The molecule has 1 heterocycles. The Morgan fingerprint density at radius 3 is 3.00 bits per heavy atom. The Kier molecular flexibility index (Phi) is 5.30. The molecule has 0 aliphatic heterocycles. The first-order valence-electron chi connectivity index (χ1n) is 6.65. The molecule has 1 aromatic carbocycles. The topological polar surface area (TPSA) is 80.1 Å². The van der Waals surface area contributed by atoms with Crippen LogP contribution in [0.4, 0.5) is 0 Å². The maximum atomic E-state index is 12.1. The van der Waals surface area contributed by atoms with Gasteiger partial charge in [0.2, 0.25) is 0 Å². The number of thioether (sulfide) groups is 1. The molecule has 1 aromatic heterocycles. The van der Waals surface area contributed by atoms with Gasteiger partial charge < -0.3 is 20.8 Å². The Morgan fingerprint density at radius 1 is 1.48 bits per heavy atom. The number of rotatable bonds is 6. The molecule has 0 aliphatic carbocycles. The average Bonchev–Trinajstić information content (AvgIpc) is 2.50. The van der Waals surface area contributed by atoms with Crippen LogP contribution in [-0.2, 0) is 0 Å². The van der Waals surface area contributed by atoms with Gasteiger partial charge in [-0.15, -0.1) is 11.8 Å². The molecule has 21 heavy (non-hydrogen) atoms. The molecule has 0 aliphatic rings. The molecule has 6 heteroatoms. The lowest BCUT2D eigenvalue weighted by Crippen LogP contribution is -2.11. The molecule has 5 nitrogen and oxygen atoms in total. The normalized spacial score (nSPS) is 11.8. The van der Waals surface area contributed by atoms with E-state index < -0.39 is 0 Å². The zero-order chi connectivity index (χ0) is 15.2. The van der Waals surface area contributed by atoms with E-state index in [9.17, 15) is 4.79 Å². The molecule has 4 N–H and O–H groups in total. The van der Waals surface area contributed by atoms with Gasteiger partial charge in [-0.2, -0.15) is 0 Å². The van der Waals surface area contributed by atoms with Crippen molar-refractivity contribution in [1.29, 1.82) is 0 Å². The molecule has 2 rings (SSSR count). The van der Waals surface area contributed by atoms with Gasteiger partial charge in [-0.25, -0.2) is 0 Å². The Hall–Kier alpha value is -1.92. The molecule has 2 aromatic rings. The van der Waals surface area contributed by atoms with Gasteiger partial charge in [0.1, 0.15) is 5.75 Å². The molecule has 0 fully saturated rings. The maximum absolute atomic E-state index is 12.1. The number of pyridine rings is 1. The molecule has 0 saturated heterocycles. The zero-order valence-electron chi connectivity index (χ0n) is 12.1. The molecule has 0 unspecified atom stereocenters. The predicted molar refractivity (Wildman–Crippen MR) is 89.4 cm³/mol. The summed E-state index contributed by atoms with van der Waals surface area (Å²) in [6, 6.07) is 6.83. The van der Waals surface area contributed by atoms with E-state index in [2.05, 4.69) is 10.3 Å². The fraction of sp³-hybridized carbons (Fsp3) is 0.267. The fourth-order valence-electron chi connectivity index (χ4n) is 1.87. The lowest BCUT2D eigenvalue weighted by atomic mass is 10.1. The van der Waals surface area contributed by atoms with Crippen LogP contribution < -0.4 is 21.2 Å². The summed E-state index contributed by atoms with van der Waals surface area (Å²) in [6.45, 7) is 2.95. The van der Waals surface area contributed by atoms with Crippen LogP contribution in [-0.4, -0.2) is 24.5 Å². The summed E-state index contributed by atoms with van der Waals surface area (Å²) < 4.78 is 5.17. The quantitative estimate of drug-likeness (QED) is 0.562. The van der Waals surface area contributed by atoms with Crippen molar-refractivity contribution in [2.45, 2.75) is 6.92 Å².